The molecule has 164 valence electrons. The van der Waals surface area contributed by atoms with Crippen molar-refractivity contribution in [2.24, 2.45) is 5.92 Å². The minimum absolute atomic E-state index is 0.0523. The monoisotopic (exact) mass is 435 g/mol. The highest BCUT2D eigenvalue weighted by Crippen LogP contribution is 2.16. The number of aromatic nitrogens is 3. The Morgan fingerprint density at radius 1 is 1.16 bits per heavy atom. The van der Waals surface area contributed by atoms with Crippen molar-refractivity contribution in [1.29, 1.82) is 0 Å². The van der Waals surface area contributed by atoms with Crippen LogP contribution in [0.25, 0.3) is 10.9 Å². The smallest absolute Gasteiger partial charge is 0.326 e. The number of nitrogens with zero attached hydrogens (tertiary/aromatic N) is 1. The Morgan fingerprint density at radius 3 is 2.55 bits per heavy atom. The lowest BCUT2D eigenvalue weighted by atomic mass is 9.99. The number of nitrogens with one attached hydrogen (secondary N) is 4. The number of fused-ring (bicyclic) bond motifs is 1. The standard InChI is InChI=1S/C12H15F2N3O.C8H5FN2O2/c1-7(12-10(14)3-9(13)6-16-12)17-11(18)2-8-4-15-5-8;9-4-1-2-6-5(3-4)7(12)11-8(13)10-6/h3,6-8,15H,2,4-5H2,1H3,(H,17,18);1-3H,(H2,10,11,12,13). The molecule has 1 aromatic carbocycles. The van der Waals surface area contributed by atoms with E-state index >= 15 is 0 Å². The van der Waals surface area contributed by atoms with E-state index in [2.05, 4.69) is 20.6 Å². The van der Waals surface area contributed by atoms with Gasteiger partial charge in [0, 0.05) is 12.5 Å². The highest BCUT2D eigenvalue weighted by Gasteiger charge is 2.22. The SMILES string of the molecule is CC(NC(=O)CC1CNC1)c1ncc(F)cc1F.O=c1[nH]c(=O)c2cc(F)ccc2[nH]1. The first-order valence-electron chi connectivity index (χ1n) is 9.46. The first-order chi connectivity index (χ1) is 14.7. The molecule has 3 aromatic rings. The molecule has 0 radical (unpaired) electrons. The lowest BCUT2D eigenvalue weighted by Crippen LogP contribution is -2.44. The number of hydrogen-bond acceptors (Lipinski definition) is 5. The second-order valence-electron chi connectivity index (χ2n) is 7.14. The van der Waals surface area contributed by atoms with Crippen molar-refractivity contribution in [2.45, 2.75) is 19.4 Å². The number of pyridine rings is 1. The molecule has 4 rings (SSSR count). The predicted molar refractivity (Wildman–Crippen MR) is 107 cm³/mol. The van der Waals surface area contributed by atoms with Crippen molar-refractivity contribution in [3.8, 4) is 0 Å². The van der Waals surface area contributed by atoms with Crippen molar-refractivity contribution in [3.63, 3.8) is 0 Å². The summed E-state index contributed by atoms with van der Waals surface area (Å²) in [7, 11) is 0. The van der Waals surface area contributed by atoms with E-state index in [0.717, 1.165) is 31.4 Å². The third-order valence-electron chi connectivity index (χ3n) is 4.67. The van der Waals surface area contributed by atoms with E-state index in [1.807, 2.05) is 4.98 Å². The second kappa shape index (κ2) is 9.56. The number of amides is 1. The molecule has 1 fully saturated rings. The fourth-order valence-electron chi connectivity index (χ4n) is 3.00. The van der Waals surface area contributed by atoms with Crippen LogP contribution in [0.5, 0.6) is 0 Å². The van der Waals surface area contributed by atoms with Crippen LogP contribution < -0.4 is 21.9 Å². The maximum Gasteiger partial charge on any atom is 0.326 e. The van der Waals surface area contributed by atoms with Gasteiger partial charge in [0.2, 0.25) is 5.91 Å². The van der Waals surface area contributed by atoms with Gasteiger partial charge in [-0.1, -0.05) is 0 Å². The first-order valence-corrected chi connectivity index (χ1v) is 9.46. The number of carbonyl (C=O) groups excluding carboxylic acids is 1. The highest BCUT2D eigenvalue weighted by atomic mass is 19.1. The zero-order chi connectivity index (χ0) is 22.5. The minimum Gasteiger partial charge on any atom is -0.348 e. The first kappa shape index (κ1) is 22.2. The van der Waals surface area contributed by atoms with E-state index in [9.17, 15) is 27.6 Å². The van der Waals surface area contributed by atoms with E-state index in [1.54, 1.807) is 6.92 Å². The van der Waals surface area contributed by atoms with Crippen LogP contribution in [0.2, 0.25) is 0 Å². The van der Waals surface area contributed by atoms with Crippen LogP contribution in [0.3, 0.4) is 0 Å². The number of rotatable bonds is 4. The fourth-order valence-corrected chi connectivity index (χ4v) is 3.00. The molecule has 31 heavy (non-hydrogen) atoms. The maximum atomic E-state index is 13.4. The molecule has 0 saturated carbocycles. The summed E-state index contributed by atoms with van der Waals surface area (Å²) in [6, 6.07) is 3.80. The van der Waals surface area contributed by atoms with Crippen molar-refractivity contribution in [2.75, 3.05) is 13.1 Å². The van der Waals surface area contributed by atoms with Gasteiger partial charge in [0.1, 0.15) is 17.5 Å². The van der Waals surface area contributed by atoms with Crippen LogP contribution >= 0.6 is 0 Å². The van der Waals surface area contributed by atoms with Crippen LogP contribution in [0, 0.1) is 23.4 Å². The molecule has 0 bridgehead atoms. The van der Waals surface area contributed by atoms with Gasteiger partial charge in [-0.25, -0.2) is 18.0 Å². The summed E-state index contributed by atoms with van der Waals surface area (Å²) in [6.45, 7) is 3.30. The summed E-state index contributed by atoms with van der Waals surface area (Å²) in [5.41, 5.74) is -0.797. The van der Waals surface area contributed by atoms with E-state index in [0.29, 0.717) is 17.9 Å². The molecule has 11 heteroatoms. The molecule has 3 heterocycles. The average Bonchev–Trinajstić information content (AvgIpc) is 2.66. The zero-order valence-electron chi connectivity index (χ0n) is 16.5. The second-order valence-corrected chi connectivity index (χ2v) is 7.14. The number of benzene rings is 1. The Hall–Kier alpha value is -3.47. The molecule has 0 spiro atoms. The van der Waals surface area contributed by atoms with E-state index in [4.69, 9.17) is 0 Å². The highest BCUT2D eigenvalue weighted by molar-refractivity contribution is 5.77. The third-order valence-corrected chi connectivity index (χ3v) is 4.67. The number of carbonyl (C=O) groups is 1. The van der Waals surface area contributed by atoms with Gasteiger partial charge in [0.25, 0.3) is 5.56 Å². The van der Waals surface area contributed by atoms with Crippen LogP contribution in [0.15, 0.2) is 40.1 Å². The van der Waals surface area contributed by atoms with Gasteiger partial charge in [-0.2, -0.15) is 0 Å². The number of hydrogen-bond donors (Lipinski definition) is 4. The molecule has 1 aliphatic rings. The average molecular weight is 435 g/mol. The number of H-pyrrole nitrogens is 2. The number of aromatic amines is 2. The van der Waals surface area contributed by atoms with Crippen LogP contribution in [-0.4, -0.2) is 33.9 Å². The van der Waals surface area contributed by atoms with Crippen LogP contribution in [0.4, 0.5) is 13.2 Å². The van der Waals surface area contributed by atoms with Gasteiger partial charge in [-0.05, 0) is 44.1 Å². The molecule has 0 aliphatic carbocycles. The van der Waals surface area contributed by atoms with Crippen LogP contribution in [-0.2, 0) is 4.79 Å². The summed E-state index contributed by atoms with van der Waals surface area (Å²) in [4.78, 5) is 41.6. The topological polar surface area (TPSA) is 120 Å². The molecule has 1 amide bonds. The van der Waals surface area contributed by atoms with Crippen LogP contribution in [0.1, 0.15) is 25.1 Å². The van der Waals surface area contributed by atoms with Gasteiger partial charge in [0.05, 0.1) is 28.8 Å². The summed E-state index contributed by atoms with van der Waals surface area (Å²) < 4.78 is 38.8. The molecule has 8 nitrogen and oxygen atoms in total. The summed E-state index contributed by atoms with van der Waals surface area (Å²) in [6.07, 6.45) is 1.36. The zero-order valence-corrected chi connectivity index (χ0v) is 16.5. The molecule has 4 N–H and O–H groups in total. The number of halogens is 3. The van der Waals surface area contributed by atoms with Gasteiger partial charge < -0.3 is 15.6 Å². The van der Waals surface area contributed by atoms with E-state index < -0.39 is 34.7 Å². The van der Waals surface area contributed by atoms with Crippen molar-refractivity contribution < 1.29 is 18.0 Å². The molecule has 1 unspecified atom stereocenters. The fraction of sp³-hybridized carbons (Fsp3) is 0.300. The Balaban J connectivity index is 0.000000185. The van der Waals surface area contributed by atoms with Crippen molar-refractivity contribution in [3.05, 3.63) is 74.4 Å². The molecule has 1 saturated heterocycles. The van der Waals surface area contributed by atoms with Gasteiger partial charge in [-0.15, -0.1) is 0 Å². The quantitative estimate of drug-likeness (QED) is 0.495. The summed E-state index contributed by atoms with van der Waals surface area (Å²) in [5, 5.41) is 5.88. The summed E-state index contributed by atoms with van der Waals surface area (Å²) in [5.74, 6) is -1.77. The Labute approximate surface area is 173 Å². The summed E-state index contributed by atoms with van der Waals surface area (Å²) >= 11 is 0. The van der Waals surface area contributed by atoms with Gasteiger partial charge in [-0.3, -0.25) is 19.6 Å². The van der Waals surface area contributed by atoms with Crippen molar-refractivity contribution in [1.82, 2.24) is 25.6 Å². The maximum absolute atomic E-state index is 13.4. The largest absolute Gasteiger partial charge is 0.348 e. The van der Waals surface area contributed by atoms with Gasteiger partial charge in [0.15, 0.2) is 0 Å². The van der Waals surface area contributed by atoms with Crippen molar-refractivity contribution >= 4 is 16.8 Å². The van der Waals surface area contributed by atoms with E-state index in [1.165, 1.54) is 12.1 Å². The Kier molecular flexibility index (Phi) is 6.85. The normalized spacial score (nSPS) is 14.3. The lowest BCUT2D eigenvalue weighted by Gasteiger charge is -2.27. The lowest BCUT2D eigenvalue weighted by molar-refractivity contribution is -0.123. The predicted octanol–water partition coefficient (Wildman–Crippen LogP) is 1.50. The minimum atomic E-state index is -0.742. The van der Waals surface area contributed by atoms with E-state index in [-0.39, 0.29) is 17.0 Å². The third kappa shape index (κ3) is 5.79. The molecular formula is C20H20F3N5O3. The van der Waals surface area contributed by atoms with Gasteiger partial charge >= 0.3 is 5.69 Å². The molecule has 1 aliphatic heterocycles. The molecule has 2 aromatic heterocycles. The Bertz CT molecular complexity index is 1210. The molecular weight excluding hydrogens is 415 g/mol. The molecule has 1 atom stereocenters. The Morgan fingerprint density at radius 2 is 1.90 bits per heavy atom.